The summed E-state index contributed by atoms with van der Waals surface area (Å²) in [5.41, 5.74) is 6.97. The summed E-state index contributed by atoms with van der Waals surface area (Å²) in [7, 11) is 1.77. The van der Waals surface area contributed by atoms with Gasteiger partial charge in [0.15, 0.2) is 0 Å². The van der Waals surface area contributed by atoms with E-state index in [1.807, 2.05) is 31.2 Å². The van der Waals surface area contributed by atoms with Crippen LogP contribution in [0.25, 0.3) is 0 Å². The van der Waals surface area contributed by atoms with Gasteiger partial charge in [0, 0.05) is 23.9 Å². The fourth-order valence-electron chi connectivity index (χ4n) is 1.99. The molecule has 0 fully saturated rings. The average Bonchev–Trinajstić information content (AvgIpc) is 2.94. The molecule has 0 aliphatic rings. The summed E-state index contributed by atoms with van der Waals surface area (Å²) in [5, 5.41) is 3.35. The van der Waals surface area contributed by atoms with Crippen molar-refractivity contribution in [3.63, 3.8) is 0 Å². The maximum atomic E-state index is 12.5. The van der Waals surface area contributed by atoms with Gasteiger partial charge in [-0.2, -0.15) is 0 Å². The van der Waals surface area contributed by atoms with E-state index in [-0.39, 0.29) is 24.4 Å². The molecule has 0 radical (unpaired) electrons. The highest BCUT2D eigenvalue weighted by atomic mass is 35.5. The number of benzene rings is 1. The molecule has 1 atom stereocenters. The Balaban J connectivity index is 0.00000242. The number of amides is 1. The number of carbonyl (C=O) groups is 1. The van der Waals surface area contributed by atoms with Gasteiger partial charge in [0.1, 0.15) is 5.69 Å². The van der Waals surface area contributed by atoms with E-state index >= 15 is 0 Å². The van der Waals surface area contributed by atoms with Gasteiger partial charge < -0.3 is 10.6 Å². The van der Waals surface area contributed by atoms with Crippen molar-refractivity contribution in [1.29, 1.82) is 0 Å². The monoisotopic (exact) mass is 359 g/mol. The lowest BCUT2D eigenvalue weighted by Crippen LogP contribution is -2.30. The molecule has 0 saturated heterocycles. The highest BCUT2D eigenvalue weighted by molar-refractivity contribution is 7.09. The molecule has 0 bridgehead atoms. The van der Waals surface area contributed by atoms with Crippen LogP contribution in [0.3, 0.4) is 0 Å². The summed E-state index contributed by atoms with van der Waals surface area (Å²) in [6.07, 6.45) is 0.700. The lowest BCUT2D eigenvalue weighted by molar-refractivity contribution is 0.0737. The summed E-state index contributed by atoms with van der Waals surface area (Å²) < 4.78 is 0. The quantitative estimate of drug-likeness (QED) is 0.887. The van der Waals surface area contributed by atoms with Gasteiger partial charge in [-0.25, -0.2) is 4.98 Å². The number of halogens is 2. The van der Waals surface area contributed by atoms with Gasteiger partial charge in [-0.1, -0.05) is 23.7 Å². The summed E-state index contributed by atoms with van der Waals surface area (Å²) in [6.45, 7) is 2.51. The lowest BCUT2D eigenvalue weighted by Gasteiger charge is -2.24. The van der Waals surface area contributed by atoms with E-state index in [9.17, 15) is 4.79 Å². The molecule has 0 aliphatic heterocycles. The Morgan fingerprint density at radius 2 is 2.23 bits per heavy atom. The fraction of sp³-hybridized carbons (Fsp3) is 0.333. The fourth-order valence-corrected chi connectivity index (χ4v) is 2.98. The van der Waals surface area contributed by atoms with Gasteiger partial charge in [-0.05, 0) is 31.2 Å². The van der Waals surface area contributed by atoms with E-state index in [1.165, 1.54) is 11.3 Å². The highest BCUT2D eigenvalue weighted by Gasteiger charge is 2.21. The molecule has 4 nitrogen and oxygen atoms in total. The summed E-state index contributed by atoms with van der Waals surface area (Å²) in [6, 6.07) is 7.46. The van der Waals surface area contributed by atoms with Crippen LogP contribution in [-0.4, -0.2) is 29.4 Å². The standard InChI is InChI=1S/C15H18ClN3OS.ClH/c1-10(11-4-3-5-12(16)8-11)19(2)15(20)13-9-21-14(18-13)6-7-17;/h3-5,8-10H,6-7,17H2,1-2H3;1H. The maximum absolute atomic E-state index is 12.5. The first-order chi connectivity index (χ1) is 10.0. The van der Waals surface area contributed by atoms with Crippen molar-refractivity contribution in [3.05, 3.63) is 50.9 Å². The number of rotatable bonds is 5. The number of nitrogens with zero attached hydrogens (tertiary/aromatic N) is 2. The van der Waals surface area contributed by atoms with E-state index < -0.39 is 0 Å². The van der Waals surface area contributed by atoms with Gasteiger partial charge in [0.2, 0.25) is 0 Å². The van der Waals surface area contributed by atoms with E-state index in [0.717, 1.165) is 10.6 Å². The van der Waals surface area contributed by atoms with Crippen molar-refractivity contribution in [2.45, 2.75) is 19.4 Å². The molecule has 1 unspecified atom stereocenters. The average molecular weight is 360 g/mol. The van der Waals surface area contributed by atoms with Crippen LogP contribution in [0.5, 0.6) is 0 Å². The first-order valence-electron chi connectivity index (χ1n) is 6.70. The topological polar surface area (TPSA) is 59.2 Å². The Bertz CT molecular complexity index is 633. The molecular weight excluding hydrogens is 341 g/mol. The number of thiazole rings is 1. The summed E-state index contributed by atoms with van der Waals surface area (Å²) in [5.74, 6) is -0.0954. The molecule has 7 heteroatoms. The largest absolute Gasteiger partial charge is 0.334 e. The van der Waals surface area contributed by atoms with Gasteiger partial charge >= 0.3 is 0 Å². The Labute approximate surface area is 145 Å². The van der Waals surface area contributed by atoms with Gasteiger partial charge in [-0.3, -0.25) is 4.79 Å². The van der Waals surface area contributed by atoms with Crippen LogP contribution in [0.1, 0.15) is 34.0 Å². The number of hydrogen-bond acceptors (Lipinski definition) is 4. The minimum absolute atomic E-state index is 0. The lowest BCUT2D eigenvalue weighted by atomic mass is 10.1. The van der Waals surface area contributed by atoms with Gasteiger partial charge in [0.25, 0.3) is 5.91 Å². The molecule has 1 aromatic heterocycles. The van der Waals surface area contributed by atoms with Crippen molar-refractivity contribution >= 4 is 41.3 Å². The third-order valence-corrected chi connectivity index (χ3v) is 4.51. The van der Waals surface area contributed by atoms with Crippen LogP contribution in [0.2, 0.25) is 5.02 Å². The number of hydrogen-bond donors (Lipinski definition) is 1. The normalized spacial score (nSPS) is 11.6. The van der Waals surface area contributed by atoms with Crippen LogP contribution < -0.4 is 5.73 Å². The summed E-state index contributed by atoms with van der Waals surface area (Å²) in [4.78, 5) is 18.5. The van der Waals surface area contributed by atoms with E-state index in [1.54, 1.807) is 17.3 Å². The molecule has 1 heterocycles. The first-order valence-corrected chi connectivity index (χ1v) is 7.95. The van der Waals surface area contributed by atoms with Gasteiger partial charge in [-0.15, -0.1) is 23.7 Å². The first kappa shape index (κ1) is 18.9. The Hall–Kier alpha value is -1.14. The summed E-state index contributed by atoms with van der Waals surface area (Å²) >= 11 is 7.47. The number of carbonyl (C=O) groups excluding carboxylic acids is 1. The highest BCUT2D eigenvalue weighted by Crippen LogP contribution is 2.23. The molecule has 2 rings (SSSR count). The Morgan fingerprint density at radius 3 is 2.86 bits per heavy atom. The van der Waals surface area contributed by atoms with Crippen LogP contribution in [0.15, 0.2) is 29.6 Å². The Kier molecular flexibility index (Phi) is 7.29. The molecule has 0 aliphatic carbocycles. The minimum atomic E-state index is -0.0954. The second-order valence-corrected chi connectivity index (χ2v) is 6.19. The molecule has 120 valence electrons. The second kappa shape index (κ2) is 8.48. The molecule has 0 spiro atoms. The van der Waals surface area contributed by atoms with E-state index in [4.69, 9.17) is 17.3 Å². The third kappa shape index (κ3) is 4.43. The second-order valence-electron chi connectivity index (χ2n) is 4.81. The molecule has 2 N–H and O–H groups in total. The van der Waals surface area contributed by atoms with Crippen LogP contribution in [-0.2, 0) is 6.42 Å². The molecule has 0 saturated carbocycles. The minimum Gasteiger partial charge on any atom is -0.334 e. The molecular formula is C15H19Cl2N3OS. The third-order valence-electron chi connectivity index (χ3n) is 3.36. The molecule has 22 heavy (non-hydrogen) atoms. The van der Waals surface area contributed by atoms with E-state index in [2.05, 4.69) is 4.98 Å². The van der Waals surface area contributed by atoms with E-state index in [0.29, 0.717) is 23.7 Å². The van der Waals surface area contributed by atoms with Crippen LogP contribution >= 0.6 is 35.3 Å². The zero-order valence-electron chi connectivity index (χ0n) is 12.5. The van der Waals surface area contributed by atoms with Crippen molar-refractivity contribution in [1.82, 2.24) is 9.88 Å². The number of aromatic nitrogens is 1. The van der Waals surface area contributed by atoms with Crippen LogP contribution in [0.4, 0.5) is 0 Å². The zero-order valence-corrected chi connectivity index (χ0v) is 14.8. The van der Waals surface area contributed by atoms with Crippen molar-refractivity contribution in [2.24, 2.45) is 5.73 Å². The van der Waals surface area contributed by atoms with Crippen LogP contribution in [0, 0.1) is 0 Å². The SMILES string of the molecule is CC(c1cccc(Cl)c1)N(C)C(=O)c1csc(CCN)n1.Cl. The van der Waals surface area contributed by atoms with Gasteiger partial charge in [0.05, 0.1) is 11.0 Å². The molecule has 2 aromatic rings. The van der Waals surface area contributed by atoms with Crippen molar-refractivity contribution in [2.75, 3.05) is 13.6 Å². The molecule has 1 aromatic carbocycles. The number of nitrogens with two attached hydrogens (primary N) is 1. The predicted octanol–water partition coefficient (Wildman–Crippen LogP) is 3.55. The maximum Gasteiger partial charge on any atom is 0.273 e. The Morgan fingerprint density at radius 1 is 1.50 bits per heavy atom. The van der Waals surface area contributed by atoms with Crippen molar-refractivity contribution in [3.8, 4) is 0 Å². The smallest absolute Gasteiger partial charge is 0.273 e. The molecule has 1 amide bonds. The zero-order chi connectivity index (χ0) is 15.4. The predicted molar refractivity (Wildman–Crippen MR) is 94.1 cm³/mol. The van der Waals surface area contributed by atoms with Crippen molar-refractivity contribution < 1.29 is 4.79 Å².